The lowest BCUT2D eigenvalue weighted by Crippen LogP contribution is -2.23. The fraction of sp³-hybridized carbons (Fsp3) is 0.467. The van der Waals surface area contributed by atoms with E-state index in [1.807, 2.05) is 12.1 Å². The van der Waals surface area contributed by atoms with Gasteiger partial charge in [0.15, 0.2) is 0 Å². The molecule has 0 saturated carbocycles. The van der Waals surface area contributed by atoms with E-state index in [-0.39, 0.29) is 0 Å². The van der Waals surface area contributed by atoms with Crippen LogP contribution in [0.1, 0.15) is 44.2 Å². The highest BCUT2D eigenvalue weighted by atomic mass is 127. The molecule has 1 aromatic rings. The van der Waals surface area contributed by atoms with Crippen molar-refractivity contribution in [3.63, 3.8) is 0 Å². The molecule has 1 atom stereocenters. The molecule has 0 aliphatic rings. The van der Waals surface area contributed by atoms with Gasteiger partial charge in [-0.15, -0.1) is 6.58 Å². The van der Waals surface area contributed by atoms with Crippen LogP contribution in [0.5, 0.6) is 0 Å². The highest BCUT2D eigenvalue weighted by Crippen LogP contribution is 2.27. The summed E-state index contributed by atoms with van der Waals surface area (Å²) in [6.45, 7) is 7.02. The minimum atomic E-state index is 0.399. The van der Waals surface area contributed by atoms with Crippen molar-refractivity contribution < 1.29 is 0 Å². The average Bonchev–Trinajstić information content (AvgIpc) is 2.37. The summed E-state index contributed by atoms with van der Waals surface area (Å²) in [6.07, 6.45) is 6.49. The molecule has 1 unspecified atom stereocenters. The van der Waals surface area contributed by atoms with E-state index in [0.29, 0.717) is 6.04 Å². The smallest absolute Gasteiger partial charge is 0.0410 e. The summed E-state index contributed by atoms with van der Waals surface area (Å²) >= 11 is 8.50. The first kappa shape index (κ1) is 16.0. The second-order valence-corrected chi connectivity index (χ2v) is 5.99. The van der Waals surface area contributed by atoms with Crippen molar-refractivity contribution in [1.29, 1.82) is 0 Å². The summed E-state index contributed by atoms with van der Waals surface area (Å²) in [6, 6.07) is 6.53. The molecule has 0 amide bonds. The topological polar surface area (TPSA) is 12.0 Å². The molecule has 100 valence electrons. The lowest BCUT2D eigenvalue weighted by molar-refractivity contribution is 0.484. The monoisotopic (exact) mass is 377 g/mol. The van der Waals surface area contributed by atoms with E-state index >= 15 is 0 Å². The highest BCUT2D eigenvalue weighted by Gasteiger charge is 2.13. The maximum Gasteiger partial charge on any atom is 0.0410 e. The third-order valence-corrected chi connectivity index (χ3v) is 4.09. The van der Waals surface area contributed by atoms with E-state index in [0.717, 1.165) is 37.3 Å². The van der Waals surface area contributed by atoms with Gasteiger partial charge in [0.1, 0.15) is 0 Å². The van der Waals surface area contributed by atoms with Crippen molar-refractivity contribution in [3.05, 3.63) is 45.0 Å². The van der Waals surface area contributed by atoms with Gasteiger partial charge < -0.3 is 5.32 Å². The van der Waals surface area contributed by atoms with Crippen LogP contribution in [0.3, 0.4) is 0 Å². The summed E-state index contributed by atoms with van der Waals surface area (Å²) in [5.74, 6) is 0. The van der Waals surface area contributed by atoms with Gasteiger partial charge in [0.25, 0.3) is 0 Å². The molecular weight excluding hydrogens is 357 g/mol. The Kier molecular flexibility index (Phi) is 7.95. The molecule has 1 nitrogen and oxygen atoms in total. The maximum absolute atomic E-state index is 6.11. The second-order valence-electron chi connectivity index (χ2n) is 4.39. The summed E-state index contributed by atoms with van der Waals surface area (Å²) < 4.78 is 1.28. The van der Waals surface area contributed by atoms with Crippen molar-refractivity contribution in [2.45, 2.75) is 38.6 Å². The molecule has 1 N–H and O–H groups in total. The predicted octanol–water partition coefficient (Wildman–Crippen LogP) is 5.34. The van der Waals surface area contributed by atoms with Crippen LogP contribution in [-0.2, 0) is 0 Å². The first-order chi connectivity index (χ1) is 8.69. The summed E-state index contributed by atoms with van der Waals surface area (Å²) in [5.41, 5.74) is 1.32. The van der Waals surface area contributed by atoms with Crippen molar-refractivity contribution in [2.75, 3.05) is 6.54 Å². The quantitative estimate of drug-likeness (QED) is 0.366. The van der Waals surface area contributed by atoms with E-state index in [4.69, 9.17) is 11.6 Å². The zero-order valence-corrected chi connectivity index (χ0v) is 13.8. The molecule has 1 rings (SSSR count). The highest BCUT2D eigenvalue weighted by molar-refractivity contribution is 14.1. The molecule has 3 heteroatoms. The Morgan fingerprint density at radius 1 is 1.50 bits per heavy atom. The van der Waals surface area contributed by atoms with Crippen LogP contribution in [0, 0.1) is 3.57 Å². The van der Waals surface area contributed by atoms with Crippen LogP contribution in [0.4, 0.5) is 0 Å². The van der Waals surface area contributed by atoms with Gasteiger partial charge >= 0.3 is 0 Å². The molecule has 0 bridgehead atoms. The second kappa shape index (κ2) is 8.94. The molecule has 0 spiro atoms. The minimum Gasteiger partial charge on any atom is -0.310 e. The Morgan fingerprint density at radius 2 is 2.28 bits per heavy atom. The van der Waals surface area contributed by atoms with E-state index in [1.165, 1.54) is 9.13 Å². The van der Waals surface area contributed by atoms with Crippen molar-refractivity contribution in [3.8, 4) is 0 Å². The maximum atomic E-state index is 6.11. The number of nitrogens with one attached hydrogen (secondary N) is 1. The van der Waals surface area contributed by atoms with E-state index in [2.05, 4.69) is 53.5 Å². The van der Waals surface area contributed by atoms with Crippen molar-refractivity contribution in [2.24, 2.45) is 0 Å². The molecule has 0 heterocycles. The summed E-state index contributed by atoms with van der Waals surface area (Å²) in [5, 5.41) is 4.43. The lowest BCUT2D eigenvalue weighted by Gasteiger charge is -2.20. The molecule has 0 saturated heterocycles. The Hall–Kier alpha value is -0.0600. The van der Waals surface area contributed by atoms with Crippen LogP contribution in [0.15, 0.2) is 30.9 Å². The van der Waals surface area contributed by atoms with Crippen LogP contribution in [0.25, 0.3) is 0 Å². The number of allylic oxidation sites excluding steroid dienone is 1. The largest absolute Gasteiger partial charge is 0.310 e. The first-order valence-electron chi connectivity index (χ1n) is 6.48. The summed E-state index contributed by atoms with van der Waals surface area (Å²) in [7, 11) is 0. The van der Waals surface area contributed by atoms with Gasteiger partial charge in [-0.3, -0.25) is 0 Å². The van der Waals surface area contributed by atoms with Gasteiger partial charge in [-0.05, 0) is 78.6 Å². The Morgan fingerprint density at radius 3 is 2.94 bits per heavy atom. The Bertz CT molecular complexity index is 379. The number of rotatable bonds is 8. The van der Waals surface area contributed by atoms with Crippen LogP contribution < -0.4 is 5.32 Å². The third kappa shape index (κ3) is 5.29. The van der Waals surface area contributed by atoms with Gasteiger partial charge in [-0.2, -0.15) is 0 Å². The predicted molar refractivity (Wildman–Crippen MR) is 89.3 cm³/mol. The fourth-order valence-electron chi connectivity index (χ4n) is 1.93. The zero-order chi connectivity index (χ0) is 13.4. The molecule has 0 aliphatic heterocycles. The number of halogens is 2. The molecule has 1 aromatic carbocycles. The molecule has 0 aliphatic carbocycles. The van der Waals surface area contributed by atoms with Gasteiger partial charge in [-0.1, -0.05) is 24.6 Å². The number of hydrogen-bond acceptors (Lipinski definition) is 1. The van der Waals surface area contributed by atoms with Gasteiger partial charge in [0.2, 0.25) is 0 Å². The number of hydrogen-bond donors (Lipinski definition) is 1. The van der Waals surface area contributed by atoms with Gasteiger partial charge in [-0.25, -0.2) is 0 Å². The van der Waals surface area contributed by atoms with Gasteiger partial charge in [0.05, 0.1) is 0 Å². The molecule has 0 fully saturated rings. The van der Waals surface area contributed by atoms with E-state index < -0.39 is 0 Å². The number of benzene rings is 1. The third-order valence-electron chi connectivity index (χ3n) is 2.88. The normalized spacial score (nSPS) is 12.4. The van der Waals surface area contributed by atoms with Gasteiger partial charge in [0, 0.05) is 14.6 Å². The number of unbranched alkanes of at least 4 members (excludes halogenated alkanes) is 1. The average molecular weight is 378 g/mol. The van der Waals surface area contributed by atoms with E-state index in [9.17, 15) is 0 Å². The SMILES string of the molecule is C=CCCCC(NCCC)c1cc(Cl)ccc1I. The Labute approximate surface area is 129 Å². The van der Waals surface area contributed by atoms with Crippen LogP contribution in [0.2, 0.25) is 5.02 Å². The fourth-order valence-corrected chi connectivity index (χ4v) is 2.83. The molecular formula is C15H21ClIN. The lowest BCUT2D eigenvalue weighted by atomic mass is 10.0. The minimum absolute atomic E-state index is 0.399. The van der Waals surface area contributed by atoms with Crippen LogP contribution >= 0.6 is 34.2 Å². The molecule has 0 aromatic heterocycles. The zero-order valence-electron chi connectivity index (χ0n) is 10.9. The standard InChI is InChI=1S/C15H21ClIN/c1-3-5-6-7-15(18-10-4-2)13-11-12(16)8-9-14(13)17/h3,8-9,11,15,18H,1,4-7,10H2,2H3. The Balaban J connectivity index is 2.78. The van der Waals surface area contributed by atoms with Crippen molar-refractivity contribution >= 4 is 34.2 Å². The first-order valence-corrected chi connectivity index (χ1v) is 7.94. The van der Waals surface area contributed by atoms with E-state index in [1.54, 1.807) is 0 Å². The van der Waals surface area contributed by atoms with Crippen molar-refractivity contribution in [1.82, 2.24) is 5.32 Å². The van der Waals surface area contributed by atoms with Crippen LogP contribution in [-0.4, -0.2) is 6.54 Å². The summed E-state index contributed by atoms with van der Waals surface area (Å²) in [4.78, 5) is 0. The molecule has 18 heavy (non-hydrogen) atoms. The molecule has 0 radical (unpaired) electrons.